The highest BCUT2D eigenvalue weighted by molar-refractivity contribution is 5.69. The average Bonchev–Trinajstić information content (AvgIpc) is 2.05. The van der Waals surface area contributed by atoms with Crippen molar-refractivity contribution in [2.24, 2.45) is 0 Å². The van der Waals surface area contributed by atoms with Gasteiger partial charge in [-0.15, -0.1) is 0 Å². The quantitative estimate of drug-likeness (QED) is 0.343. The smallest absolute Gasteiger partial charge is 0.306 e. The van der Waals surface area contributed by atoms with Gasteiger partial charge in [-0.05, 0) is 13.3 Å². The second-order valence-electron chi connectivity index (χ2n) is 2.81. The second kappa shape index (κ2) is 7.58. The Balaban J connectivity index is 3.43. The van der Waals surface area contributed by atoms with Gasteiger partial charge in [0.2, 0.25) is 0 Å². The maximum absolute atomic E-state index is 11.0. The molecule has 0 aromatic carbocycles. The molecule has 0 aliphatic rings. The van der Waals surface area contributed by atoms with Crippen LogP contribution in [0.15, 0.2) is 0 Å². The summed E-state index contributed by atoms with van der Waals surface area (Å²) in [6.45, 7) is 4.38. The number of carbonyl (C=O) groups excluding carboxylic acids is 2. The molecule has 0 rings (SSSR count). The Morgan fingerprint density at radius 3 is 2.77 bits per heavy atom. The SMILES string of the molecule is CCCC(=O)OC(C)CCOC=O. The minimum atomic E-state index is -0.193. The van der Waals surface area contributed by atoms with Crippen LogP contribution in [-0.4, -0.2) is 25.2 Å². The number of esters is 1. The molecule has 0 amide bonds. The van der Waals surface area contributed by atoms with Gasteiger partial charge in [0.15, 0.2) is 0 Å². The Bertz CT molecular complexity index is 156. The van der Waals surface area contributed by atoms with E-state index >= 15 is 0 Å². The highest BCUT2D eigenvalue weighted by atomic mass is 16.5. The number of ether oxygens (including phenoxy) is 2. The zero-order valence-electron chi connectivity index (χ0n) is 8.12. The molecule has 76 valence electrons. The highest BCUT2D eigenvalue weighted by Gasteiger charge is 2.07. The topological polar surface area (TPSA) is 52.6 Å². The van der Waals surface area contributed by atoms with Crippen LogP contribution < -0.4 is 0 Å². The maximum atomic E-state index is 11.0. The van der Waals surface area contributed by atoms with Crippen LogP contribution in [0, 0.1) is 0 Å². The van der Waals surface area contributed by atoms with Gasteiger partial charge in [-0.2, -0.15) is 0 Å². The summed E-state index contributed by atoms with van der Waals surface area (Å²) >= 11 is 0. The van der Waals surface area contributed by atoms with E-state index in [1.165, 1.54) is 0 Å². The van der Waals surface area contributed by atoms with Crippen molar-refractivity contribution >= 4 is 12.4 Å². The van der Waals surface area contributed by atoms with E-state index in [4.69, 9.17) is 4.74 Å². The van der Waals surface area contributed by atoms with E-state index in [0.717, 1.165) is 6.42 Å². The Morgan fingerprint density at radius 1 is 1.54 bits per heavy atom. The molecule has 4 nitrogen and oxygen atoms in total. The normalized spacial score (nSPS) is 11.8. The lowest BCUT2D eigenvalue weighted by Gasteiger charge is -2.11. The third-order valence-corrected chi connectivity index (χ3v) is 1.50. The summed E-state index contributed by atoms with van der Waals surface area (Å²) in [7, 11) is 0. The summed E-state index contributed by atoms with van der Waals surface area (Å²) < 4.78 is 9.48. The fourth-order valence-corrected chi connectivity index (χ4v) is 0.828. The van der Waals surface area contributed by atoms with E-state index in [1.54, 1.807) is 6.92 Å². The van der Waals surface area contributed by atoms with Crippen LogP contribution in [-0.2, 0) is 19.1 Å². The van der Waals surface area contributed by atoms with Gasteiger partial charge >= 0.3 is 5.97 Å². The first-order chi connectivity index (χ1) is 6.20. The van der Waals surface area contributed by atoms with Gasteiger partial charge in [0, 0.05) is 12.8 Å². The highest BCUT2D eigenvalue weighted by Crippen LogP contribution is 2.01. The van der Waals surface area contributed by atoms with Crippen molar-refractivity contribution in [1.82, 2.24) is 0 Å². The third-order valence-electron chi connectivity index (χ3n) is 1.50. The second-order valence-corrected chi connectivity index (χ2v) is 2.81. The first kappa shape index (κ1) is 11.9. The molecule has 0 aromatic rings. The minimum Gasteiger partial charge on any atom is -0.468 e. The zero-order valence-corrected chi connectivity index (χ0v) is 8.12. The largest absolute Gasteiger partial charge is 0.468 e. The van der Waals surface area contributed by atoms with Crippen LogP contribution in [0.4, 0.5) is 0 Å². The number of hydrogen-bond acceptors (Lipinski definition) is 4. The number of carbonyl (C=O) groups is 2. The summed E-state index contributed by atoms with van der Waals surface area (Å²) in [5.41, 5.74) is 0. The van der Waals surface area contributed by atoms with Crippen molar-refractivity contribution in [2.75, 3.05) is 6.61 Å². The van der Waals surface area contributed by atoms with E-state index in [1.807, 2.05) is 6.92 Å². The molecule has 0 aliphatic heterocycles. The third kappa shape index (κ3) is 7.31. The van der Waals surface area contributed by atoms with E-state index < -0.39 is 0 Å². The van der Waals surface area contributed by atoms with E-state index in [2.05, 4.69) is 4.74 Å². The Morgan fingerprint density at radius 2 is 2.23 bits per heavy atom. The van der Waals surface area contributed by atoms with Crippen molar-refractivity contribution in [3.05, 3.63) is 0 Å². The molecule has 4 heteroatoms. The first-order valence-corrected chi connectivity index (χ1v) is 4.45. The van der Waals surface area contributed by atoms with Gasteiger partial charge in [0.05, 0.1) is 6.61 Å². The molecule has 0 aromatic heterocycles. The van der Waals surface area contributed by atoms with Crippen LogP contribution in [0.5, 0.6) is 0 Å². The summed E-state index contributed by atoms with van der Waals surface area (Å²) in [5.74, 6) is -0.193. The van der Waals surface area contributed by atoms with E-state index in [9.17, 15) is 9.59 Å². The maximum Gasteiger partial charge on any atom is 0.306 e. The monoisotopic (exact) mass is 188 g/mol. The molecule has 0 fully saturated rings. The predicted molar refractivity (Wildman–Crippen MR) is 47.1 cm³/mol. The molecule has 0 aliphatic carbocycles. The van der Waals surface area contributed by atoms with Gasteiger partial charge in [-0.25, -0.2) is 0 Å². The summed E-state index contributed by atoms with van der Waals surface area (Å²) in [5, 5.41) is 0. The Hall–Kier alpha value is -1.06. The van der Waals surface area contributed by atoms with Gasteiger partial charge in [-0.1, -0.05) is 6.92 Å². The molecule has 0 bridgehead atoms. The molecule has 0 heterocycles. The lowest BCUT2D eigenvalue weighted by atomic mass is 10.3. The van der Waals surface area contributed by atoms with Crippen molar-refractivity contribution in [3.8, 4) is 0 Å². The van der Waals surface area contributed by atoms with Crippen molar-refractivity contribution in [1.29, 1.82) is 0 Å². The Kier molecular flexibility index (Phi) is 6.96. The van der Waals surface area contributed by atoms with Gasteiger partial charge in [-0.3, -0.25) is 9.59 Å². The molecule has 0 saturated heterocycles. The van der Waals surface area contributed by atoms with Crippen LogP contribution in [0.3, 0.4) is 0 Å². The van der Waals surface area contributed by atoms with Gasteiger partial charge in [0.25, 0.3) is 6.47 Å². The van der Waals surface area contributed by atoms with Crippen LogP contribution >= 0.6 is 0 Å². The molecule has 1 unspecified atom stereocenters. The van der Waals surface area contributed by atoms with Crippen molar-refractivity contribution < 1.29 is 19.1 Å². The summed E-state index contributed by atoms with van der Waals surface area (Å²) in [6.07, 6.45) is 1.60. The zero-order chi connectivity index (χ0) is 10.1. The van der Waals surface area contributed by atoms with Crippen LogP contribution in [0.1, 0.15) is 33.1 Å². The van der Waals surface area contributed by atoms with E-state index in [-0.39, 0.29) is 12.1 Å². The number of hydrogen-bond donors (Lipinski definition) is 0. The minimum absolute atomic E-state index is 0.181. The standard InChI is InChI=1S/C9H16O4/c1-3-4-9(11)13-8(2)5-6-12-7-10/h7-8H,3-6H2,1-2H3. The number of rotatable bonds is 7. The molecular weight excluding hydrogens is 172 g/mol. The molecule has 0 spiro atoms. The lowest BCUT2D eigenvalue weighted by Crippen LogP contribution is -2.16. The van der Waals surface area contributed by atoms with Crippen LogP contribution in [0.2, 0.25) is 0 Å². The van der Waals surface area contributed by atoms with Crippen molar-refractivity contribution in [3.63, 3.8) is 0 Å². The average molecular weight is 188 g/mol. The van der Waals surface area contributed by atoms with Gasteiger partial charge < -0.3 is 9.47 Å². The fraction of sp³-hybridized carbons (Fsp3) is 0.778. The Labute approximate surface area is 78.2 Å². The fourth-order valence-electron chi connectivity index (χ4n) is 0.828. The van der Waals surface area contributed by atoms with Crippen LogP contribution in [0.25, 0.3) is 0 Å². The molecular formula is C9H16O4. The van der Waals surface area contributed by atoms with Gasteiger partial charge in [0.1, 0.15) is 6.10 Å². The predicted octanol–water partition coefficient (Wildman–Crippen LogP) is 1.28. The molecule has 13 heavy (non-hydrogen) atoms. The first-order valence-electron chi connectivity index (χ1n) is 4.45. The lowest BCUT2D eigenvalue weighted by molar-refractivity contribution is -0.149. The molecule has 0 saturated carbocycles. The molecule has 0 radical (unpaired) electrons. The summed E-state index contributed by atoms with van der Waals surface area (Å²) in [4.78, 5) is 20.7. The molecule has 0 N–H and O–H groups in total. The summed E-state index contributed by atoms with van der Waals surface area (Å²) in [6, 6.07) is 0. The van der Waals surface area contributed by atoms with E-state index in [0.29, 0.717) is 25.9 Å². The molecule has 1 atom stereocenters. The van der Waals surface area contributed by atoms with Crippen molar-refractivity contribution in [2.45, 2.75) is 39.2 Å².